The van der Waals surface area contributed by atoms with E-state index in [2.05, 4.69) is 10.3 Å². The van der Waals surface area contributed by atoms with Crippen molar-refractivity contribution in [1.29, 1.82) is 0 Å². The highest BCUT2D eigenvalue weighted by molar-refractivity contribution is 6.31. The number of urea groups is 1. The number of benzene rings is 2. The molecule has 4 rings (SSSR count). The number of para-hydroxylation sites is 1. The lowest BCUT2D eigenvalue weighted by Crippen LogP contribution is -2.40. The molecule has 2 amide bonds. The standard InChI is InChI=1S/C20H21ClN4O/c1-13-4-2-3-5-16(13)24-20(26)25-10-8-14(9-11-25)19-22-17-7-6-15(21)12-18(17)23-19/h2-7,12,14H,8-11H2,1H3,(H,22,23)(H,24,26). The number of aromatic nitrogens is 2. The smallest absolute Gasteiger partial charge is 0.321 e. The summed E-state index contributed by atoms with van der Waals surface area (Å²) in [5.74, 6) is 1.32. The van der Waals surface area contributed by atoms with E-state index in [0.717, 1.165) is 54.0 Å². The third kappa shape index (κ3) is 3.40. The largest absolute Gasteiger partial charge is 0.342 e. The van der Waals surface area contributed by atoms with Crippen LogP contribution < -0.4 is 5.32 Å². The normalized spacial score (nSPS) is 15.4. The van der Waals surface area contributed by atoms with Gasteiger partial charge in [0.25, 0.3) is 0 Å². The summed E-state index contributed by atoms with van der Waals surface area (Å²) >= 11 is 6.05. The highest BCUT2D eigenvalue weighted by Gasteiger charge is 2.26. The van der Waals surface area contributed by atoms with Crippen molar-refractivity contribution in [3.8, 4) is 0 Å². The van der Waals surface area contributed by atoms with Gasteiger partial charge in [0.05, 0.1) is 11.0 Å². The Bertz CT molecular complexity index is 944. The van der Waals surface area contributed by atoms with Gasteiger partial charge in [0.2, 0.25) is 0 Å². The molecular weight excluding hydrogens is 348 g/mol. The van der Waals surface area contributed by atoms with Crippen LogP contribution in [0.2, 0.25) is 5.02 Å². The number of aromatic amines is 1. The van der Waals surface area contributed by atoms with Crippen molar-refractivity contribution < 1.29 is 4.79 Å². The molecule has 0 atom stereocenters. The Hall–Kier alpha value is -2.53. The summed E-state index contributed by atoms with van der Waals surface area (Å²) in [5, 5.41) is 3.72. The number of anilines is 1. The molecule has 1 fully saturated rings. The Morgan fingerprint density at radius 2 is 2.00 bits per heavy atom. The summed E-state index contributed by atoms with van der Waals surface area (Å²) in [4.78, 5) is 22.5. The summed E-state index contributed by atoms with van der Waals surface area (Å²) in [6, 6.07) is 13.5. The number of H-pyrrole nitrogens is 1. The van der Waals surface area contributed by atoms with E-state index in [-0.39, 0.29) is 6.03 Å². The Morgan fingerprint density at radius 3 is 2.77 bits per heavy atom. The fourth-order valence-corrected chi connectivity index (χ4v) is 3.63. The number of halogens is 1. The number of fused-ring (bicyclic) bond motifs is 1. The second-order valence-electron chi connectivity index (χ2n) is 6.79. The van der Waals surface area contributed by atoms with Gasteiger partial charge in [-0.15, -0.1) is 0 Å². The maximum Gasteiger partial charge on any atom is 0.321 e. The first-order chi connectivity index (χ1) is 12.6. The van der Waals surface area contributed by atoms with Gasteiger partial charge in [0.1, 0.15) is 5.82 Å². The number of amides is 2. The van der Waals surface area contributed by atoms with Crippen molar-refractivity contribution in [2.75, 3.05) is 18.4 Å². The van der Waals surface area contributed by atoms with E-state index in [1.165, 1.54) is 0 Å². The monoisotopic (exact) mass is 368 g/mol. The zero-order chi connectivity index (χ0) is 18.1. The van der Waals surface area contributed by atoms with E-state index in [1.54, 1.807) is 0 Å². The van der Waals surface area contributed by atoms with Gasteiger partial charge in [-0.2, -0.15) is 0 Å². The van der Waals surface area contributed by atoms with Gasteiger partial charge in [-0.25, -0.2) is 9.78 Å². The highest BCUT2D eigenvalue weighted by Crippen LogP contribution is 2.29. The molecular formula is C20H21ClN4O. The average Bonchev–Trinajstić information content (AvgIpc) is 3.07. The van der Waals surface area contributed by atoms with Crippen LogP contribution in [0.4, 0.5) is 10.5 Å². The van der Waals surface area contributed by atoms with Crippen molar-refractivity contribution in [1.82, 2.24) is 14.9 Å². The zero-order valence-corrected chi connectivity index (χ0v) is 15.4. The molecule has 5 nitrogen and oxygen atoms in total. The molecule has 2 aromatic carbocycles. The molecule has 0 aliphatic carbocycles. The van der Waals surface area contributed by atoms with E-state index in [9.17, 15) is 4.79 Å². The van der Waals surface area contributed by atoms with Gasteiger partial charge in [0, 0.05) is 29.7 Å². The molecule has 0 bridgehead atoms. The van der Waals surface area contributed by atoms with Crippen LogP contribution in [0.5, 0.6) is 0 Å². The molecule has 2 N–H and O–H groups in total. The van der Waals surface area contributed by atoms with Crippen molar-refractivity contribution in [3.05, 3.63) is 58.9 Å². The molecule has 1 saturated heterocycles. The molecule has 1 aliphatic rings. The van der Waals surface area contributed by atoms with Crippen LogP contribution in [0.25, 0.3) is 11.0 Å². The SMILES string of the molecule is Cc1ccccc1NC(=O)N1CCC(c2nc3ccc(Cl)cc3[nH]2)CC1. The molecule has 2 heterocycles. The van der Waals surface area contributed by atoms with E-state index in [4.69, 9.17) is 16.6 Å². The van der Waals surface area contributed by atoms with Crippen LogP contribution in [-0.4, -0.2) is 34.0 Å². The lowest BCUT2D eigenvalue weighted by atomic mass is 9.96. The molecule has 0 radical (unpaired) electrons. The Balaban J connectivity index is 1.40. The van der Waals surface area contributed by atoms with Crippen LogP contribution in [0, 0.1) is 6.92 Å². The lowest BCUT2D eigenvalue weighted by Gasteiger charge is -2.31. The molecule has 0 unspecified atom stereocenters. The number of hydrogen-bond acceptors (Lipinski definition) is 2. The number of carbonyl (C=O) groups is 1. The van der Waals surface area contributed by atoms with Gasteiger partial charge < -0.3 is 15.2 Å². The number of nitrogens with one attached hydrogen (secondary N) is 2. The predicted molar refractivity (Wildman–Crippen MR) is 105 cm³/mol. The van der Waals surface area contributed by atoms with Crippen molar-refractivity contribution in [2.24, 2.45) is 0 Å². The molecule has 134 valence electrons. The first-order valence-corrected chi connectivity index (χ1v) is 9.24. The summed E-state index contributed by atoms with van der Waals surface area (Å²) in [6.07, 6.45) is 1.80. The molecule has 0 saturated carbocycles. The average molecular weight is 369 g/mol. The minimum Gasteiger partial charge on any atom is -0.342 e. The Labute approximate surface area is 157 Å². The quantitative estimate of drug-likeness (QED) is 0.673. The Kier molecular flexibility index (Phi) is 4.55. The maximum absolute atomic E-state index is 12.5. The molecule has 3 aromatic rings. The number of rotatable bonds is 2. The van der Waals surface area contributed by atoms with Gasteiger partial charge in [-0.1, -0.05) is 29.8 Å². The minimum atomic E-state index is -0.0332. The first kappa shape index (κ1) is 16.9. The number of likely N-dealkylation sites (tertiary alicyclic amines) is 1. The molecule has 0 spiro atoms. The predicted octanol–water partition coefficient (Wildman–Crippen LogP) is 4.94. The fourth-order valence-electron chi connectivity index (χ4n) is 3.46. The third-order valence-corrected chi connectivity index (χ3v) is 5.25. The van der Waals surface area contributed by atoms with Gasteiger partial charge >= 0.3 is 6.03 Å². The van der Waals surface area contributed by atoms with Gasteiger partial charge in [-0.05, 0) is 49.6 Å². The molecule has 6 heteroatoms. The van der Waals surface area contributed by atoms with Crippen LogP contribution >= 0.6 is 11.6 Å². The van der Waals surface area contributed by atoms with Crippen LogP contribution in [0.15, 0.2) is 42.5 Å². The molecule has 1 aliphatic heterocycles. The fraction of sp³-hybridized carbons (Fsp3) is 0.300. The zero-order valence-electron chi connectivity index (χ0n) is 14.6. The number of nitrogens with zero attached hydrogens (tertiary/aromatic N) is 2. The topological polar surface area (TPSA) is 61.0 Å². The lowest BCUT2D eigenvalue weighted by molar-refractivity contribution is 0.193. The van der Waals surface area contributed by atoms with Crippen LogP contribution in [0.3, 0.4) is 0 Å². The van der Waals surface area contributed by atoms with E-state index < -0.39 is 0 Å². The van der Waals surface area contributed by atoms with Crippen molar-refractivity contribution in [2.45, 2.75) is 25.7 Å². The molecule has 1 aromatic heterocycles. The van der Waals surface area contributed by atoms with E-state index in [1.807, 2.05) is 54.3 Å². The summed E-state index contributed by atoms with van der Waals surface area (Å²) in [6.45, 7) is 3.44. The number of imidazole rings is 1. The minimum absolute atomic E-state index is 0.0332. The number of aryl methyl sites for hydroxylation is 1. The third-order valence-electron chi connectivity index (χ3n) is 5.02. The second kappa shape index (κ2) is 7.00. The summed E-state index contributed by atoms with van der Waals surface area (Å²) in [7, 11) is 0. The summed E-state index contributed by atoms with van der Waals surface area (Å²) < 4.78 is 0. The summed E-state index contributed by atoms with van der Waals surface area (Å²) in [5.41, 5.74) is 3.84. The number of hydrogen-bond donors (Lipinski definition) is 2. The molecule has 26 heavy (non-hydrogen) atoms. The Morgan fingerprint density at radius 1 is 1.23 bits per heavy atom. The van der Waals surface area contributed by atoms with Crippen LogP contribution in [-0.2, 0) is 0 Å². The first-order valence-electron chi connectivity index (χ1n) is 8.87. The van der Waals surface area contributed by atoms with Crippen LogP contribution in [0.1, 0.15) is 30.1 Å². The van der Waals surface area contributed by atoms with Crippen molar-refractivity contribution in [3.63, 3.8) is 0 Å². The highest BCUT2D eigenvalue weighted by atomic mass is 35.5. The van der Waals surface area contributed by atoms with Gasteiger partial charge in [-0.3, -0.25) is 0 Å². The maximum atomic E-state index is 12.5. The second-order valence-corrected chi connectivity index (χ2v) is 7.23. The number of carbonyl (C=O) groups excluding carboxylic acids is 1. The van der Waals surface area contributed by atoms with Gasteiger partial charge in [0.15, 0.2) is 0 Å². The number of piperidine rings is 1. The van der Waals surface area contributed by atoms with E-state index in [0.29, 0.717) is 10.9 Å². The van der Waals surface area contributed by atoms with Crippen molar-refractivity contribution >= 4 is 34.4 Å². The van der Waals surface area contributed by atoms with E-state index >= 15 is 0 Å².